The second-order valence-electron chi connectivity index (χ2n) is 7.00. The molecule has 0 saturated carbocycles. The van der Waals surface area contributed by atoms with Crippen LogP contribution in [0.3, 0.4) is 0 Å². The Morgan fingerprint density at radius 1 is 1.48 bits per heavy atom. The first-order valence-corrected chi connectivity index (χ1v) is 8.96. The maximum absolute atomic E-state index is 11.6. The van der Waals surface area contributed by atoms with Crippen molar-refractivity contribution in [3.8, 4) is 0 Å². The average molecular weight is 358 g/mol. The van der Waals surface area contributed by atoms with Crippen molar-refractivity contribution in [1.82, 2.24) is 0 Å². The van der Waals surface area contributed by atoms with E-state index in [-0.39, 0.29) is 18.6 Å². The van der Waals surface area contributed by atoms with Gasteiger partial charge >= 0.3 is 11.9 Å². The molecule has 1 unspecified atom stereocenters. The molecule has 25 heavy (non-hydrogen) atoms. The monoisotopic (exact) mass is 358 g/mol. The first-order valence-electron chi connectivity index (χ1n) is 8.96. The van der Waals surface area contributed by atoms with Gasteiger partial charge in [0.05, 0.1) is 13.2 Å². The topological polar surface area (TPSA) is 93.1 Å². The van der Waals surface area contributed by atoms with Gasteiger partial charge in [-0.05, 0) is 50.9 Å². The fourth-order valence-corrected chi connectivity index (χ4v) is 2.49. The third-order valence-electron chi connectivity index (χ3n) is 4.35. The molecule has 0 radical (unpaired) electrons. The summed E-state index contributed by atoms with van der Waals surface area (Å²) in [6.07, 6.45) is 6.24. The van der Waals surface area contributed by atoms with Crippen LogP contribution in [-0.2, 0) is 19.1 Å². The number of aliphatic hydroxyl groups is 2. The molecule has 1 fully saturated rings. The summed E-state index contributed by atoms with van der Waals surface area (Å²) in [6.45, 7) is 10.3. The number of cyclic esters (lactones) is 1. The Morgan fingerprint density at radius 2 is 2.16 bits per heavy atom. The molecule has 6 heteroatoms. The van der Waals surface area contributed by atoms with Gasteiger partial charge in [0.25, 0.3) is 0 Å². The summed E-state index contributed by atoms with van der Waals surface area (Å²) in [7, 11) is 0. The highest BCUT2D eigenvalue weighted by molar-refractivity contribution is 5.99. The van der Waals surface area contributed by atoms with Crippen molar-refractivity contribution in [2.45, 2.75) is 59.3 Å². The fourth-order valence-electron chi connectivity index (χ4n) is 2.49. The van der Waals surface area contributed by atoms with Crippen molar-refractivity contribution in [2.75, 3.05) is 26.4 Å². The molecule has 146 valence electrons. The Balaban J connectivity index is 0.000000477. The highest BCUT2D eigenvalue weighted by atomic mass is 16.6. The zero-order valence-corrected chi connectivity index (χ0v) is 15.9. The quantitative estimate of drug-likeness (QED) is 0.374. The number of esters is 2. The van der Waals surface area contributed by atoms with E-state index >= 15 is 0 Å². The third kappa shape index (κ3) is 8.01. The minimum Gasteiger partial charge on any atom is -0.465 e. The largest absolute Gasteiger partial charge is 0.465 e. The molecule has 1 saturated heterocycles. The molecule has 2 N–H and O–H groups in total. The van der Waals surface area contributed by atoms with Gasteiger partial charge < -0.3 is 19.7 Å². The van der Waals surface area contributed by atoms with Crippen molar-refractivity contribution in [2.24, 2.45) is 10.8 Å². The molecule has 6 nitrogen and oxygen atoms in total. The van der Waals surface area contributed by atoms with Gasteiger partial charge in [0.1, 0.15) is 0 Å². The zero-order valence-electron chi connectivity index (χ0n) is 15.9. The molecular formula is C19H34O6. The number of carbonyl (C=O) groups is 2. The molecule has 0 amide bonds. The van der Waals surface area contributed by atoms with Crippen molar-refractivity contribution >= 4 is 11.9 Å². The van der Waals surface area contributed by atoms with Gasteiger partial charge in [0, 0.05) is 13.2 Å². The van der Waals surface area contributed by atoms with Gasteiger partial charge in [-0.1, -0.05) is 19.9 Å². The summed E-state index contributed by atoms with van der Waals surface area (Å²) in [5.74, 6) is -0.908. The molecule has 1 heterocycles. The van der Waals surface area contributed by atoms with Crippen LogP contribution in [0.4, 0.5) is 0 Å². The van der Waals surface area contributed by atoms with E-state index in [9.17, 15) is 9.59 Å². The smallest absolute Gasteiger partial charge is 0.323 e. The van der Waals surface area contributed by atoms with E-state index in [1.165, 1.54) is 0 Å². The van der Waals surface area contributed by atoms with Crippen LogP contribution >= 0.6 is 0 Å². The van der Waals surface area contributed by atoms with Crippen molar-refractivity contribution in [3.05, 3.63) is 12.7 Å². The maximum Gasteiger partial charge on any atom is 0.323 e. The summed E-state index contributed by atoms with van der Waals surface area (Å²) in [4.78, 5) is 23.0. The Kier molecular flexibility index (Phi) is 11.4. The first kappa shape index (κ1) is 23.6. The molecular weight excluding hydrogens is 324 g/mol. The Hall–Kier alpha value is -1.40. The molecule has 0 aromatic heterocycles. The SMILES string of the molecule is C=CC[C@@](C)(CO)CCCO.CCCOC(=O)C1(C)CCCOC1=O. The lowest BCUT2D eigenvalue weighted by Crippen LogP contribution is -2.42. The molecule has 1 rings (SSSR count). The molecule has 2 atom stereocenters. The van der Waals surface area contributed by atoms with Crippen LogP contribution < -0.4 is 0 Å². The van der Waals surface area contributed by atoms with Gasteiger partial charge in [0.15, 0.2) is 5.41 Å². The van der Waals surface area contributed by atoms with Crippen LogP contribution in [0, 0.1) is 10.8 Å². The number of hydrogen-bond acceptors (Lipinski definition) is 6. The van der Waals surface area contributed by atoms with Gasteiger partial charge in [-0.15, -0.1) is 6.58 Å². The highest BCUT2D eigenvalue weighted by Gasteiger charge is 2.45. The van der Waals surface area contributed by atoms with E-state index in [4.69, 9.17) is 19.7 Å². The number of ether oxygens (including phenoxy) is 2. The van der Waals surface area contributed by atoms with E-state index in [1.807, 2.05) is 19.9 Å². The summed E-state index contributed by atoms with van der Waals surface area (Å²) < 4.78 is 9.82. The maximum atomic E-state index is 11.6. The van der Waals surface area contributed by atoms with Crippen molar-refractivity contribution < 1.29 is 29.3 Å². The number of aliphatic hydroxyl groups excluding tert-OH is 2. The van der Waals surface area contributed by atoms with Crippen LogP contribution in [0.1, 0.15) is 59.3 Å². The minimum atomic E-state index is -1.08. The van der Waals surface area contributed by atoms with Crippen molar-refractivity contribution in [3.63, 3.8) is 0 Å². The normalized spacial score (nSPS) is 22.0. The lowest BCUT2D eigenvalue weighted by molar-refractivity contribution is -0.176. The van der Waals surface area contributed by atoms with Crippen LogP contribution in [0.5, 0.6) is 0 Å². The summed E-state index contributed by atoms with van der Waals surface area (Å²) in [5, 5.41) is 17.6. The number of rotatable bonds is 9. The summed E-state index contributed by atoms with van der Waals surface area (Å²) >= 11 is 0. The van der Waals surface area contributed by atoms with Crippen LogP contribution in [0.2, 0.25) is 0 Å². The third-order valence-corrected chi connectivity index (χ3v) is 4.35. The summed E-state index contributed by atoms with van der Waals surface area (Å²) in [6, 6.07) is 0. The predicted molar refractivity (Wildman–Crippen MR) is 95.9 cm³/mol. The minimum absolute atomic E-state index is 0.0789. The van der Waals surface area contributed by atoms with Crippen molar-refractivity contribution in [1.29, 1.82) is 0 Å². The van der Waals surface area contributed by atoms with E-state index in [1.54, 1.807) is 6.92 Å². The molecule has 1 aliphatic heterocycles. The van der Waals surface area contributed by atoms with Gasteiger partial charge in [-0.3, -0.25) is 9.59 Å². The van der Waals surface area contributed by atoms with Gasteiger partial charge in [-0.2, -0.15) is 0 Å². The molecule has 0 aromatic carbocycles. The highest BCUT2D eigenvalue weighted by Crippen LogP contribution is 2.30. The Bertz CT molecular complexity index is 422. The first-order chi connectivity index (χ1) is 11.8. The molecule has 0 spiro atoms. The number of allylic oxidation sites excluding steroid dienone is 1. The fraction of sp³-hybridized carbons (Fsp3) is 0.789. The molecule has 1 aliphatic rings. The molecule has 0 aromatic rings. The van der Waals surface area contributed by atoms with E-state index in [0.29, 0.717) is 19.6 Å². The van der Waals surface area contributed by atoms with E-state index in [0.717, 1.165) is 32.1 Å². The molecule has 0 bridgehead atoms. The number of hydrogen-bond donors (Lipinski definition) is 2. The second-order valence-corrected chi connectivity index (χ2v) is 7.00. The zero-order chi connectivity index (χ0) is 19.3. The van der Waals surface area contributed by atoms with E-state index < -0.39 is 17.4 Å². The number of carbonyl (C=O) groups excluding carboxylic acids is 2. The van der Waals surface area contributed by atoms with Gasteiger partial charge in [-0.25, -0.2) is 0 Å². The van der Waals surface area contributed by atoms with Crippen LogP contribution in [-0.4, -0.2) is 48.6 Å². The lowest BCUT2D eigenvalue weighted by Gasteiger charge is -2.28. The Morgan fingerprint density at radius 3 is 2.64 bits per heavy atom. The van der Waals surface area contributed by atoms with Crippen LogP contribution in [0.15, 0.2) is 12.7 Å². The average Bonchev–Trinajstić information content (AvgIpc) is 2.61. The molecule has 0 aliphatic carbocycles. The van der Waals surface area contributed by atoms with Crippen LogP contribution in [0.25, 0.3) is 0 Å². The predicted octanol–water partition coefficient (Wildman–Crippen LogP) is 2.62. The second kappa shape index (κ2) is 12.0. The van der Waals surface area contributed by atoms with Gasteiger partial charge in [0.2, 0.25) is 0 Å². The summed E-state index contributed by atoms with van der Waals surface area (Å²) in [5.41, 5.74) is -1.15. The standard InChI is InChI=1S/C10H16O4.C9H18O2/c1-3-6-13-8(11)10(2)5-4-7-14-9(10)12;1-3-5-9(2,8-11)6-4-7-10/h3-7H2,1-2H3;3,10-11H,1,4-8H2,2H3/t;9-/m.1/s1. The Labute approximate surface area is 151 Å². The van der Waals surface area contributed by atoms with E-state index in [2.05, 4.69) is 6.58 Å². The lowest BCUT2D eigenvalue weighted by atomic mass is 9.83.